The van der Waals surface area contributed by atoms with E-state index in [2.05, 4.69) is 24.4 Å². The number of nitrogens with one attached hydrogen (secondary N) is 2. The topological polar surface area (TPSA) is 67.7 Å². The minimum atomic E-state index is -0.298. The second kappa shape index (κ2) is 8.28. The molecule has 31 heavy (non-hydrogen) atoms. The first-order chi connectivity index (χ1) is 14.9. The molecular weight excluding hydrogens is 388 g/mol. The van der Waals surface area contributed by atoms with Crippen molar-refractivity contribution in [3.63, 3.8) is 0 Å². The number of rotatable bonds is 5. The lowest BCUT2D eigenvalue weighted by molar-refractivity contribution is -0.907. The Morgan fingerprint density at radius 1 is 0.871 bits per heavy atom. The van der Waals surface area contributed by atoms with Crippen LogP contribution in [-0.2, 0) is 11.3 Å². The Labute approximate surface area is 181 Å². The van der Waals surface area contributed by atoms with Gasteiger partial charge in [0.1, 0.15) is 6.54 Å². The fraction of sp³-hybridized carbons (Fsp3) is 0.192. The van der Waals surface area contributed by atoms with Crippen LogP contribution in [0.2, 0.25) is 0 Å². The maximum Gasteiger partial charge on any atom is 0.282 e. The first kappa shape index (κ1) is 20.7. The number of quaternary nitrogens is 1. The zero-order chi connectivity index (χ0) is 22.1. The lowest BCUT2D eigenvalue weighted by Crippen LogP contribution is -3.12. The summed E-state index contributed by atoms with van der Waals surface area (Å²) in [6.45, 7) is 4.68. The second-order valence-electron chi connectivity index (χ2n) is 8.12. The molecule has 1 aliphatic rings. The van der Waals surface area contributed by atoms with E-state index in [0.717, 1.165) is 11.4 Å². The molecule has 0 spiro atoms. The molecule has 1 amide bonds. The van der Waals surface area contributed by atoms with Crippen molar-refractivity contribution in [3.8, 4) is 0 Å². The predicted molar refractivity (Wildman–Crippen MR) is 120 cm³/mol. The highest BCUT2D eigenvalue weighted by Gasteiger charge is 2.30. The number of anilines is 1. The number of hydrogen-bond acceptors (Lipinski definition) is 3. The van der Waals surface area contributed by atoms with Gasteiger partial charge in [-0.05, 0) is 37.6 Å². The van der Waals surface area contributed by atoms with Crippen molar-refractivity contribution in [1.29, 1.82) is 0 Å². The number of aryl methyl sites for hydroxylation is 1. The smallest absolute Gasteiger partial charge is 0.282 e. The summed E-state index contributed by atoms with van der Waals surface area (Å²) < 4.78 is 0. The minimum Gasteiger partial charge on any atom is -0.324 e. The van der Waals surface area contributed by atoms with Gasteiger partial charge in [0, 0.05) is 33.5 Å². The van der Waals surface area contributed by atoms with Gasteiger partial charge in [0.2, 0.25) is 0 Å². The number of ketones is 2. The number of likely N-dealkylation sites (N-methyl/N-ethyl adjacent to an activating group) is 1. The largest absolute Gasteiger partial charge is 0.324 e. The highest BCUT2D eigenvalue weighted by molar-refractivity contribution is 6.28. The molecule has 0 saturated carbocycles. The Balaban J connectivity index is 1.51. The molecule has 2 N–H and O–H groups in total. The average molecular weight is 413 g/mol. The highest BCUT2D eigenvalue weighted by atomic mass is 16.2. The summed E-state index contributed by atoms with van der Waals surface area (Å²) >= 11 is 0. The molecule has 3 aromatic carbocycles. The lowest BCUT2D eigenvalue weighted by atomic mass is 9.84. The van der Waals surface area contributed by atoms with Gasteiger partial charge in [0.25, 0.3) is 5.91 Å². The van der Waals surface area contributed by atoms with Crippen molar-refractivity contribution in [2.24, 2.45) is 0 Å². The zero-order valence-corrected chi connectivity index (χ0v) is 17.9. The van der Waals surface area contributed by atoms with Crippen LogP contribution in [0.1, 0.15) is 49.9 Å². The van der Waals surface area contributed by atoms with Crippen LogP contribution >= 0.6 is 0 Å². The van der Waals surface area contributed by atoms with Crippen molar-refractivity contribution < 1.29 is 19.3 Å². The summed E-state index contributed by atoms with van der Waals surface area (Å²) in [5, 5.41) is 2.91. The van der Waals surface area contributed by atoms with Crippen LogP contribution in [0.3, 0.4) is 0 Å². The van der Waals surface area contributed by atoms with Gasteiger partial charge in [0.05, 0.1) is 7.05 Å². The van der Waals surface area contributed by atoms with Crippen molar-refractivity contribution in [1.82, 2.24) is 0 Å². The van der Waals surface area contributed by atoms with Crippen molar-refractivity contribution >= 4 is 23.2 Å². The Morgan fingerprint density at radius 3 is 2.13 bits per heavy atom. The van der Waals surface area contributed by atoms with Gasteiger partial charge in [-0.1, -0.05) is 48.5 Å². The van der Waals surface area contributed by atoms with Crippen LogP contribution in [0.15, 0.2) is 66.7 Å². The minimum absolute atomic E-state index is 0.138. The maximum atomic E-state index is 12.9. The van der Waals surface area contributed by atoms with Crippen molar-refractivity contribution in [2.75, 3.05) is 12.4 Å². The van der Waals surface area contributed by atoms with E-state index in [9.17, 15) is 14.4 Å². The Bertz CT molecular complexity index is 1200. The Morgan fingerprint density at radius 2 is 1.45 bits per heavy atom. The third kappa shape index (κ3) is 3.92. The van der Waals surface area contributed by atoms with Crippen molar-refractivity contribution in [2.45, 2.75) is 26.4 Å². The molecule has 3 aromatic rings. The molecule has 0 saturated heterocycles. The van der Waals surface area contributed by atoms with Crippen LogP contribution in [0, 0.1) is 6.92 Å². The van der Waals surface area contributed by atoms with Crippen LogP contribution < -0.4 is 10.2 Å². The van der Waals surface area contributed by atoms with E-state index in [4.69, 9.17) is 0 Å². The monoisotopic (exact) mass is 413 g/mol. The van der Waals surface area contributed by atoms with E-state index in [1.165, 1.54) is 11.1 Å². The summed E-state index contributed by atoms with van der Waals surface area (Å²) in [4.78, 5) is 39.6. The molecule has 1 aliphatic carbocycles. The number of amides is 1. The average Bonchev–Trinajstić information content (AvgIpc) is 2.78. The summed E-state index contributed by atoms with van der Waals surface area (Å²) in [5.74, 6) is -0.503. The number of carbonyl (C=O) groups excluding carboxylic acids is 3. The fourth-order valence-corrected chi connectivity index (χ4v) is 3.91. The second-order valence-corrected chi connectivity index (χ2v) is 8.12. The summed E-state index contributed by atoms with van der Waals surface area (Å²) in [5.41, 5.74) is 4.45. The van der Waals surface area contributed by atoms with E-state index in [0.29, 0.717) is 27.9 Å². The highest BCUT2D eigenvalue weighted by Crippen LogP contribution is 2.29. The predicted octanol–water partition coefficient (Wildman–Crippen LogP) is 2.81. The lowest BCUT2D eigenvalue weighted by Gasteiger charge is -2.22. The van der Waals surface area contributed by atoms with Crippen LogP contribution in [0.5, 0.6) is 0 Å². The van der Waals surface area contributed by atoms with Gasteiger partial charge in [-0.25, -0.2) is 0 Å². The first-order valence-corrected chi connectivity index (χ1v) is 10.4. The van der Waals surface area contributed by atoms with Gasteiger partial charge in [-0.3, -0.25) is 14.4 Å². The maximum absolute atomic E-state index is 12.9. The van der Waals surface area contributed by atoms with Gasteiger partial charge < -0.3 is 10.2 Å². The fourth-order valence-electron chi connectivity index (χ4n) is 3.91. The third-order valence-corrected chi connectivity index (χ3v) is 6.06. The van der Waals surface area contributed by atoms with Crippen LogP contribution in [0.4, 0.5) is 5.69 Å². The number of benzene rings is 3. The van der Waals surface area contributed by atoms with Gasteiger partial charge in [0.15, 0.2) is 17.6 Å². The molecule has 5 nitrogen and oxygen atoms in total. The quantitative estimate of drug-likeness (QED) is 0.529. The molecule has 5 heteroatoms. The molecule has 0 fully saturated rings. The molecule has 0 bridgehead atoms. The van der Waals surface area contributed by atoms with E-state index >= 15 is 0 Å². The summed E-state index contributed by atoms with van der Waals surface area (Å²) in [7, 11) is 1.99. The number of carbonyl (C=O) groups is 3. The molecule has 0 radical (unpaired) electrons. The summed E-state index contributed by atoms with van der Waals surface area (Å²) in [6, 6.07) is 19.6. The number of fused-ring (bicyclic) bond motifs is 2. The van der Waals surface area contributed by atoms with E-state index in [1.54, 1.807) is 42.5 Å². The van der Waals surface area contributed by atoms with Crippen LogP contribution in [0.25, 0.3) is 0 Å². The van der Waals surface area contributed by atoms with E-state index in [-0.39, 0.29) is 23.5 Å². The molecule has 0 aromatic heterocycles. The normalized spacial score (nSPS) is 14.4. The molecule has 156 valence electrons. The van der Waals surface area contributed by atoms with Crippen LogP contribution in [-0.4, -0.2) is 30.6 Å². The van der Waals surface area contributed by atoms with Gasteiger partial charge in [-0.2, -0.15) is 0 Å². The van der Waals surface area contributed by atoms with Gasteiger partial charge in [-0.15, -0.1) is 0 Å². The summed E-state index contributed by atoms with van der Waals surface area (Å²) in [6.07, 6.45) is 0. The Kier molecular flexibility index (Phi) is 5.53. The SMILES string of the molecule is Cc1ccccc1C[NH+](C)[C@@H](C)C(=O)Nc1ccc2c(c1)C(=O)c1ccccc1C2=O. The van der Waals surface area contributed by atoms with Gasteiger partial charge >= 0.3 is 0 Å². The molecule has 1 unspecified atom stereocenters. The standard InChI is InChI=1S/C26H24N2O3/c1-16-8-4-5-9-18(16)15-28(3)17(2)26(31)27-19-12-13-22-23(14-19)25(30)21-11-7-6-10-20(21)24(22)29/h4-14,17H,15H2,1-3H3,(H,27,31)/p+1/t17-/m0/s1. The first-order valence-electron chi connectivity index (χ1n) is 10.4. The molecular formula is C26H25N2O3+. The molecule has 2 atom stereocenters. The Hall–Kier alpha value is -3.57. The van der Waals surface area contributed by atoms with E-state index < -0.39 is 0 Å². The number of hydrogen-bond donors (Lipinski definition) is 2. The third-order valence-electron chi connectivity index (χ3n) is 6.06. The molecule has 0 heterocycles. The molecule has 4 rings (SSSR count). The zero-order valence-electron chi connectivity index (χ0n) is 17.9. The van der Waals surface area contributed by atoms with E-state index in [1.807, 2.05) is 26.1 Å². The molecule has 0 aliphatic heterocycles. The van der Waals surface area contributed by atoms with Crippen molar-refractivity contribution in [3.05, 3.63) is 100 Å².